The van der Waals surface area contributed by atoms with Gasteiger partial charge >= 0.3 is 0 Å². The van der Waals surface area contributed by atoms with Crippen molar-refractivity contribution < 1.29 is 15.3 Å². The van der Waals surface area contributed by atoms with E-state index < -0.39 is 25.4 Å². The second kappa shape index (κ2) is 4.92. The SMILES string of the molecule is Nc1ncccc1NC(CO)(CO)CO. The summed E-state index contributed by atoms with van der Waals surface area (Å²) in [6.45, 7) is -1.23. The molecular weight excluding hydrogens is 198 g/mol. The summed E-state index contributed by atoms with van der Waals surface area (Å²) in [5.74, 6) is 0.247. The van der Waals surface area contributed by atoms with Crippen molar-refractivity contribution in [2.24, 2.45) is 0 Å². The number of rotatable bonds is 5. The molecule has 6 heteroatoms. The van der Waals surface area contributed by atoms with E-state index in [0.29, 0.717) is 5.69 Å². The minimum absolute atomic E-state index is 0.247. The predicted octanol–water partition coefficient (Wildman–Crippen LogP) is -1.21. The molecule has 0 aliphatic carbocycles. The monoisotopic (exact) mass is 213 g/mol. The lowest BCUT2D eigenvalue weighted by Gasteiger charge is -2.30. The molecule has 0 aliphatic rings. The largest absolute Gasteiger partial charge is 0.394 e. The maximum Gasteiger partial charge on any atom is 0.146 e. The smallest absolute Gasteiger partial charge is 0.146 e. The molecular formula is C9H15N3O3. The molecule has 0 aromatic carbocycles. The van der Waals surface area contributed by atoms with Crippen LogP contribution < -0.4 is 11.1 Å². The molecule has 1 aromatic heterocycles. The summed E-state index contributed by atoms with van der Waals surface area (Å²) < 4.78 is 0. The fourth-order valence-corrected chi connectivity index (χ4v) is 1.08. The molecule has 6 N–H and O–H groups in total. The summed E-state index contributed by atoms with van der Waals surface area (Å²) in [5.41, 5.74) is 4.86. The van der Waals surface area contributed by atoms with Crippen molar-refractivity contribution >= 4 is 11.5 Å². The number of aromatic nitrogens is 1. The van der Waals surface area contributed by atoms with Crippen molar-refractivity contribution in [3.63, 3.8) is 0 Å². The summed E-state index contributed by atoms with van der Waals surface area (Å²) in [5, 5.41) is 30.0. The number of pyridine rings is 1. The van der Waals surface area contributed by atoms with E-state index in [4.69, 9.17) is 21.1 Å². The van der Waals surface area contributed by atoms with Gasteiger partial charge in [0.1, 0.15) is 11.4 Å². The Balaban J connectivity index is 2.88. The molecule has 0 bridgehead atoms. The Kier molecular flexibility index (Phi) is 3.84. The molecule has 1 heterocycles. The summed E-state index contributed by atoms with van der Waals surface area (Å²) in [4.78, 5) is 3.84. The van der Waals surface area contributed by atoms with Crippen LogP contribution in [-0.2, 0) is 0 Å². The van der Waals surface area contributed by atoms with Gasteiger partial charge < -0.3 is 26.4 Å². The number of nitrogens with two attached hydrogens (primary N) is 1. The number of anilines is 2. The fourth-order valence-electron chi connectivity index (χ4n) is 1.08. The van der Waals surface area contributed by atoms with Crippen LogP contribution in [0.1, 0.15) is 0 Å². The van der Waals surface area contributed by atoms with Crippen LogP contribution in [0.5, 0.6) is 0 Å². The lowest BCUT2D eigenvalue weighted by molar-refractivity contribution is 0.0834. The Morgan fingerprint density at radius 3 is 2.33 bits per heavy atom. The molecule has 1 aromatic rings. The number of aliphatic hydroxyl groups is 3. The van der Waals surface area contributed by atoms with Gasteiger partial charge in [0.15, 0.2) is 0 Å². The van der Waals surface area contributed by atoms with Gasteiger partial charge in [-0.1, -0.05) is 0 Å². The first kappa shape index (κ1) is 11.7. The molecule has 0 spiro atoms. The van der Waals surface area contributed by atoms with E-state index in [0.717, 1.165) is 0 Å². The van der Waals surface area contributed by atoms with E-state index in [1.54, 1.807) is 12.1 Å². The number of aliphatic hydroxyl groups excluding tert-OH is 3. The van der Waals surface area contributed by atoms with E-state index >= 15 is 0 Å². The highest BCUT2D eigenvalue weighted by Gasteiger charge is 2.28. The number of hydrogen-bond donors (Lipinski definition) is 5. The maximum absolute atomic E-state index is 9.09. The Hall–Kier alpha value is -1.37. The lowest BCUT2D eigenvalue weighted by Crippen LogP contribution is -2.49. The zero-order valence-corrected chi connectivity index (χ0v) is 8.22. The quantitative estimate of drug-likeness (QED) is 0.419. The van der Waals surface area contributed by atoms with Gasteiger partial charge in [0, 0.05) is 6.20 Å². The van der Waals surface area contributed by atoms with Crippen LogP contribution in [0, 0.1) is 0 Å². The number of nitrogens with one attached hydrogen (secondary N) is 1. The van der Waals surface area contributed by atoms with E-state index in [-0.39, 0.29) is 5.82 Å². The number of nitrogens with zero attached hydrogens (tertiary/aromatic N) is 1. The van der Waals surface area contributed by atoms with Crippen LogP contribution >= 0.6 is 0 Å². The minimum Gasteiger partial charge on any atom is -0.394 e. The summed E-state index contributed by atoms with van der Waals surface area (Å²) in [6, 6.07) is 3.31. The van der Waals surface area contributed by atoms with Crippen molar-refractivity contribution in [2.75, 3.05) is 30.9 Å². The average Bonchev–Trinajstić information content (AvgIpc) is 2.29. The first-order valence-electron chi connectivity index (χ1n) is 4.49. The third-order valence-electron chi connectivity index (χ3n) is 2.15. The molecule has 84 valence electrons. The van der Waals surface area contributed by atoms with Crippen LogP contribution in [-0.4, -0.2) is 45.7 Å². The molecule has 6 nitrogen and oxygen atoms in total. The van der Waals surface area contributed by atoms with Gasteiger partial charge in [0.25, 0.3) is 0 Å². The highest BCUT2D eigenvalue weighted by molar-refractivity contribution is 5.62. The first-order valence-corrected chi connectivity index (χ1v) is 4.49. The third kappa shape index (κ3) is 2.56. The van der Waals surface area contributed by atoms with Gasteiger partial charge in [-0.05, 0) is 12.1 Å². The van der Waals surface area contributed by atoms with Crippen LogP contribution in [0.15, 0.2) is 18.3 Å². The topological polar surface area (TPSA) is 112 Å². The summed E-state index contributed by atoms with van der Waals surface area (Å²) in [7, 11) is 0. The van der Waals surface area contributed by atoms with Crippen LogP contribution in [0.3, 0.4) is 0 Å². The predicted molar refractivity (Wildman–Crippen MR) is 56.3 cm³/mol. The summed E-state index contributed by atoms with van der Waals surface area (Å²) >= 11 is 0. The molecule has 0 unspecified atom stereocenters. The summed E-state index contributed by atoms with van der Waals surface area (Å²) in [6.07, 6.45) is 1.53. The molecule has 0 amide bonds. The van der Waals surface area contributed by atoms with Gasteiger partial charge in [0.2, 0.25) is 0 Å². The Bertz CT molecular complexity index is 307. The molecule has 1 rings (SSSR count). The van der Waals surface area contributed by atoms with Crippen molar-refractivity contribution in [3.05, 3.63) is 18.3 Å². The molecule has 0 fully saturated rings. The van der Waals surface area contributed by atoms with Crippen LogP contribution in [0.4, 0.5) is 11.5 Å². The van der Waals surface area contributed by atoms with E-state index in [1.807, 2.05) is 0 Å². The van der Waals surface area contributed by atoms with Crippen molar-refractivity contribution in [2.45, 2.75) is 5.54 Å². The number of nitrogen functional groups attached to an aromatic ring is 1. The second-order valence-electron chi connectivity index (χ2n) is 3.32. The van der Waals surface area contributed by atoms with Crippen LogP contribution in [0.2, 0.25) is 0 Å². The van der Waals surface area contributed by atoms with Gasteiger partial charge in [-0.15, -0.1) is 0 Å². The zero-order valence-electron chi connectivity index (χ0n) is 8.22. The maximum atomic E-state index is 9.09. The zero-order chi connectivity index (χ0) is 11.3. The van der Waals surface area contributed by atoms with Crippen molar-refractivity contribution in [1.29, 1.82) is 0 Å². The molecule has 0 saturated heterocycles. The van der Waals surface area contributed by atoms with Gasteiger partial charge in [0.05, 0.1) is 25.5 Å². The molecule has 0 saturated carbocycles. The molecule has 0 atom stereocenters. The van der Waals surface area contributed by atoms with Crippen molar-refractivity contribution in [1.82, 2.24) is 4.98 Å². The fraction of sp³-hybridized carbons (Fsp3) is 0.444. The third-order valence-corrected chi connectivity index (χ3v) is 2.15. The standard InChI is InChI=1S/C9H15N3O3/c10-8-7(2-1-3-11-8)12-9(4-13,5-14)6-15/h1-3,12-15H,4-6H2,(H2,10,11). The molecule has 0 aliphatic heterocycles. The second-order valence-corrected chi connectivity index (χ2v) is 3.32. The number of hydrogen-bond acceptors (Lipinski definition) is 6. The van der Waals surface area contributed by atoms with Gasteiger partial charge in [-0.3, -0.25) is 0 Å². The lowest BCUT2D eigenvalue weighted by atomic mass is 10.0. The van der Waals surface area contributed by atoms with Gasteiger partial charge in [-0.25, -0.2) is 4.98 Å². The van der Waals surface area contributed by atoms with Gasteiger partial charge in [-0.2, -0.15) is 0 Å². The minimum atomic E-state index is -1.18. The average molecular weight is 213 g/mol. The highest BCUT2D eigenvalue weighted by Crippen LogP contribution is 2.19. The van der Waals surface area contributed by atoms with E-state index in [1.165, 1.54) is 6.20 Å². The normalized spacial score (nSPS) is 11.4. The first-order chi connectivity index (χ1) is 7.17. The van der Waals surface area contributed by atoms with Crippen molar-refractivity contribution in [3.8, 4) is 0 Å². The Morgan fingerprint density at radius 2 is 1.87 bits per heavy atom. The Labute approximate surface area is 87.4 Å². The molecule has 0 radical (unpaired) electrons. The highest BCUT2D eigenvalue weighted by atomic mass is 16.3. The van der Waals surface area contributed by atoms with Crippen LogP contribution in [0.25, 0.3) is 0 Å². The van der Waals surface area contributed by atoms with E-state index in [9.17, 15) is 0 Å². The Morgan fingerprint density at radius 1 is 1.27 bits per heavy atom. The van der Waals surface area contributed by atoms with E-state index in [2.05, 4.69) is 10.3 Å². The molecule has 15 heavy (non-hydrogen) atoms.